The normalized spacial score (nSPS) is 22.5. The first kappa shape index (κ1) is 14.2. The molecule has 0 unspecified atom stereocenters. The summed E-state index contributed by atoms with van der Waals surface area (Å²) in [7, 11) is 1.79. The van der Waals surface area contributed by atoms with E-state index < -0.39 is 0 Å². The van der Waals surface area contributed by atoms with Crippen LogP contribution in [-0.2, 0) is 6.42 Å². The fourth-order valence-electron chi connectivity index (χ4n) is 2.65. The molecule has 1 aliphatic rings. The Morgan fingerprint density at radius 2 is 1.85 bits per heavy atom. The number of likely N-dealkylation sites (N-methyl/N-ethyl adjacent to an activating group) is 1. The van der Waals surface area contributed by atoms with Gasteiger partial charge in [-0.05, 0) is 24.0 Å². The molecule has 0 atom stereocenters. The Morgan fingerprint density at radius 3 is 2.45 bits per heavy atom. The molecular formula is C17H21N3. The third-order valence-corrected chi connectivity index (χ3v) is 3.63. The first-order valence-electron chi connectivity index (χ1n) is 6.65. The van der Waals surface area contributed by atoms with Gasteiger partial charge < -0.3 is 10.7 Å². The predicted octanol–water partition coefficient (Wildman–Crippen LogP) is 2.73. The van der Waals surface area contributed by atoms with Crippen LogP contribution in [0.3, 0.4) is 0 Å². The summed E-state index contributed by atoms with van der Waals surface area (Å²) in [4.78, 5) is 0. The van der Waals surface area contributed by atoms with Gasteiger partial charge in [0.05, 0.1) is 11.4 Å². The standard InChI is InChI=1S/C17H21N3/c1-4-12-10-11-13-8-6-7-9-15(13)16(18)17(20(3)19)14(12)5-2/h4-9H,1-2,10-11,18-19H2,3H3/b14-12-,17-16-. The van der Waals surface area contributed by atoms with Crippen molar-refractivity contribution in [2.75, 3.05) is 7.05 Å². The number of hydrogen-bond donors (Lipinski definition) is 2. The predicted molar refractivity (Wildman–Crippen MR) is 85.2 cm³/mol. The average molecular weight is 267 g/mol. The lowest BCUT2D eigenvalue weighted by molar-refractivity contribution is 0.451. The van der Waals surface area contributed by atoms with Crippen LogP contribution >= 0.6 is 0 Å². The van der Waals surface area contributed by atoms with Gasteiger partial charge in [-0.1, -0.05) is 49.6 Å². The van der Waals surface area contributed by atoms with E-state index in [-0.39, 0.29) is 0 Å². The number of benzene rings is 1. The van der Waals surface area contributed by atoms with Gasteiger partial charge in [0.2, 0.25) is 0 Å². The molecule has 0 aromatic heterocycles. The Kier molecular flexibility index (Phi) is 4.11. The second-order valence-electron chi connectivity index (χ2n) is 4.88. The first-order chi connectivity index (χ1) is 9.60. The van der Waals surface area contributed by atoms with E-state index in [0.29, 0.717) is 5.70 Å². The number of hydrogen-bond acceptors (Lipinski definition) is 3. The van der Waals surface area contributed by atoms with Gasteiger partial charge in [-0.2, -0.15) is 0 Å². The first-order valence-corrected chi connectivity index (χ1v) is 6.65. The number of nitrogens with two attached hydrogens (primary N) is 2. The van der Waals surface area contributed by atoms with E-state index in [0.717, 1.165) is 35.2 Å². The van der Waals surface area contributed by atoms with Gasteiger partial charge >= 0.3 is 0 Å². The second kappa shape index (κ2) is 5.80. The highest BCUT2D eigenvalue weighted by atomic mass is 15.4. The number of allylic oxidation sites excluding steroid dienone is 3. The summed E-state index contributed by atoms with van der Waals surface area (Å²) in [5.74, 6) is 6.00. The van der Waals surface area contributed by atoms with Crippen LogP contribution in [0.5, 0.6) is 0 Å². The van der Waals surface area contributed by atoms with E-state index in [1.165, 1.54) is 5.56 Å². The third-order valence-electron chi connectivity index (χ3n) is 3.63. The van der Waals surface area contributed by atoms with Crippen LogP contribution in [-0.4, -0.2) is 12.1 Å². The van der Waals surface area contributed by atoms with E-state index in [2.05, 4.69) is 19.2 Å². The largest absolute Gasteiger partial charge is 0.396 e. The molecule has 4 N–H and O–H groups in total. The summed E-state index contributed by atoms with van der Waals surface area (Å²) >= 11 is 0. The van der Waals surface area contributed by atoms with Gasteiger partial charge in [-0.15, -0.1) is 0 Å². The zero-order chi connectivity index (χ0) is 14.7. The molecular weight excluding hydrogens is 246 g/mol. The van der Waals surface area contributed by atoms with Crippen molar-refractivity contribution in [1.82, 2.24) is 5.01 Å². The number of aryl methyl sites for hydroxylation is 1. The second-order valence-corrected chi connectivity index (χ2v) is 4.88. The highest BCUT2D eigenvalue weighted by Gasteiger charge is 2.19. The molecule has 1 aliphatic carbocycles. The molecule has 104 valence electrons. The molecule has 20 heavy (non-hydrogen) atoms. The van der Waals surface area contributed by atoms with Crippen molar-refractivity contribution < 1.29 is 0 Å². The molecule has 3 heteroatoms. The van der Waals surface area contributed by atoms with Crippen LogP contribution in [0.15, 0.2) is 66.4 Å². The van der Waals surface area contributed by atoms with Gasteiger partial charge in [-0.25, -0.2) is 5.84 Å². The highest BCUT2D eigenvalue weighted by Crippen LogP contribution is 2.31. The van der Waals surface area contributed by atoms with Crippen molar-refractivity contribution in [2.24, 2.45) is 11.6 Å². The minimum atomic E-state index is 0.680. The maximum absolute atomic E-state index is 6.39. The molecule has 0 saturated heterocycles. The Morgan fingerprint density at radius 1 is 1.15 bits per heavy atom. The minimum absolute atomic E-state index is 0.680. The molecule has 2 rings (SSSR count). The SMILES string of the molecule is C=C/C1=C(C=C)/C(N(C)N)=C(/N)c2ccccc2CC1. The average Bonchev–Trinajstić information content (AvgIpc) is 2.44. The van der Waals surface area contributed by atoms with Gasteiger partial charge in [0.1, 0.15) is 0 Å². The van der Waals surface area contributed by atoms with E-state index in [9.17, 15) is 0 Å². The van der Waals surface area contributed by atoms with Crippen LogP contribution in [0.25, 0.3) is 5.70 Å². The topological polar surface area (TPSA) is 55.3 Å². The molecule has 0 saturated carbocycles. The van der Waals surface area contributed by atoms with Gasteiger partial charge in [0.15, 0.2) is 0 Å². The fraction of sp³-hybridized carbons (Fsp3) is 0.176. The quantitative estimate of drug-likeness (QED) is 0.654. The lowest BCUT2D eigenvalue weighted by Gasteiger charge is -2.26. The molecule has 0 heterocycles. The molecule has 0 fully saturated rings. The van der Waals surface area contributed by atoms with Gasteiger partial charge in [-0.3, -0.25) is 0 Å². The molecule has 0 aliphatic heterocycles. The maximum Gasteiger partial charge on any atom is 0.0824 e. The lowest BCUT2D eigenvalue weighted by Crippen LogP contribution is -2.29. The van der Waals surface area contributed by atoms with Crippen molar-refractivity contribution in [3.63, 3.8) is 0 Å². The van der Waals surface area contributed by atoms with E-state index >= 15 is 0 Å². The maximum atomic E-state index is 6.39. The van der Waals surface area contributed by atoms with Crippen molar-refractivity contribution >= 4 is 5.70 Å². The monoisotopic (exact) mass is 267 g/mol. The molecule has 0 bridgehead atoms. The Labute approximate surface area is 120 Å². The van der Waals surface area contributed by atoms with Gasteiger partial charge in [0, 0.05) is 18.2 Å². The van der Waals surface area contributed by atoms with E-state index in [1.807, 2.05) is 24.3 Å². The van der Waals surface area contributed by atoms with Crippen LogP contribution in [0, 0.1) is 0 Å². The van der Waals surface area contributed by atoms with Crippen LogP contribution in [0.1, 0.15) is 17.5 Å². The molecule has 3 nitrogen and oxygen atoms in total. The van der Waals surface area contributed by atoms with Crippen molar-refractivity contribution in [3.8, 4) is 0 Å². The number of hydrazine groups is 1. The summed E-state index contributed by atoms with van der Waals surface area (Å²) in [5.41, 5.74) is 12.2. The zero-order valence-electron chi connectivity index (χ0n) is 11.9. The summed E-state index contributed by atoms with van der Waals surface area (Å²) in [6.07, 6.45) is 5.49. The number of rotatable bonds is 3. The third kappa shape index (κ3) is 2.40. The Balaban J connectivity index is 2.78. The summed E-state index contributed by atoms with van der Waals surface area (Å²) in [6.45, 7) is 7.80. The summed E-state index contributed by atoms with van der Waals surface area (Å²) in [6, 6.07) is 8.17. The number of fused-ring (bicyclic) bond motifs is 1. The summed E-state index contributed by atoms with van der Waals surface area (Å²) < 4.78 is 0. The minimum Gasteiger partial charge on any atom is -0.396 e. The van der Waals surface area contributed by atoms with Crippen molar-refractivity contribution in [3.05, 3.63) is 77.5 Å². The van der Waals surface area contributed by atoms with Crippen LogP contribution in [0.4, 0.5) is 0 Å². The number of nitrogens with zero attached hydrogens (tertiary/aromatic N) is 1. The van der Waals surface area contributed by atoms with Crippen molar-refractivity contribution in [2.45, 2.75) is 12.8 Å². The van der Waals surface area contributed by atoms with Crippen LogP contribution < -0.4 is 11.6 Å². The molecule has 1 aromatic carbocycles. The van der Waals surface area contributed by atoms with Gasteiger partial charge in [0.25, 0.3) is 0 Å². The molecule has 0 radical (unpaired) electrons. The zero-order valence-corrected chi connectivity index (χ0v) is 11.9. The molecule has 1 aromatic rings. The Bertz CT molecular complexity index is 606. The van der Waals surface area contributed by atoms with E-state index in [4.69, 9.17) is 11.6 Å². The van der Waals surface area contributed by atoms with Crippen LogP contribution in [0.2, 0.25) is 0 Å². The molecule has 0 amide bonds. The summed E-state index contributed by atoms with van der Waals surface area (Å²) in [5, 5.41) is 1.55. The Hall–Kier alpha value is -2.26. The smallest absolute Gasteiger partial charge is 0.0824 e. The highest BCUT2D eigenvalue weighted by molar-refractivity contribution is 5.74. The fourth-order valence-corrected chi connectivity index (χ4v) is 2.65. The molecule has 0 spiro atoms. The van der Waals surface area contributed by atoms with E-state index in [1.54, 1.807) is 18.1 Å². The lowest BCUT2D eigenvalue weighted by atomic mass is 9.89. The van der Waals surface area contributed by atoms with Crippen molar-refractivity contribution in [1.29, 1.82) is 0 Å².